The van der Waals surface area contributed by atoms with Crippen LogP contribution in [0.25, 0.3) is 11.0 Å². The first-order valence-electron chi connectivity index (χ1n) is 7.17. The Morgan fingerprint density at radius 3 is 2.90 bits per heavy atom. The van der Waals surface area contributed by atoms with Gasteiger partial charge in [0, 0.05) is 11.1 Å². The third-order valence-corrected chi connectivity index (χ3v) is 4.34. The molecule has 0 saturated heterocycles. The summed E-state index contributed by atoms with van der Waals surface area (Å²) in [7, 11) is 0. The Hall–Kier alpha value is -2.01. The molecular weight excluding hydrogens is 280 g/mol. The van der Waals surface area contributed by atoms with Gasteiger partial charge in [0.2, 0.25) is 0 Å². The largest absolute Gasteiger partial charge is 0.362 e. The minimum atomic E-state index is 0.285. The number of hydrogen-bond donors (Lipinski definition) is 1. The van der Waals surface area contributed by atoms with Crippen molar-refractivity contribution in [3.8, 4) is 0 Å². The maximum Gasteiger partial charge on any atom is 0.164 e. The van der Waals surface area contributed by atoms with Crippen molar-refractivity contribution in [3.05, 3.63) is 46.5 Å². The first-order chi connectivity index (χ1) is 10.3. The maximum absolute atomic E-state index is 4.58. The van der Waals surface area contributed by atoms with E-state index < -0.39 is 0 Å². The molecule has 0 amide bonds. The minimum absolute atomic E-state index is 0.285. The van der Waals surface area contributed by atoms with Gasteiger partial charge >= 0.3 is 0 Å². The summed E-state index contributed by atoms with van der Waals surface area (Å²) >= 11 is 1.78. The van der Waals surface area contributed by atoms with E-state index in [1.165, 1.54) is 4.88 Å². The summed E-state index contributed by atoms with van der Waals surface area (Å²) in [6, 6.07) is 8.49. The lowest BCUT2D eigenvalue weighted by Gasteiger charge is -2.18. The van der Waals surface area contributed by atoms with Crippen LogP contribution in [0.15, 0.2) is 35.8 Å². The van der Waals surface area contributed by atoms with Crippen LogP contribution in [0.5, 0.6) is 0 Å². The van der Waals surface area contributed by atoms with Crippen LogP contribution < -0.4 is 5.32 Å². The maximum atomic E-state index is 4.58. The van der Waals surface area contributed by atoms with Crippen molar-refractivity contribution in [1.82, 2.24) is 15.0 Å². The third-order valence-electron chi connectivity index (χ3n) is 3.36. The molecule has 0 saturated carbocycles. The number of pyridine rings is 1. The number of aromatic nitrogens is 3. The number of anilines is 1. The molecule has 3 heterocycles. The van der Waals surface area contributed by atoms with Crippen LogP contribution in [0, 0.1) is 6.92 Å². The van der Waals surface area contributed by atoms with E-state index in [-0.39, 0.29) is 6.04 Å². The second-order valence-corrected chi connectivity index (χ2v) is 5.97. The van der Waals surface area contributed by atoms with E-state index in [4.69, 9.17) is 0 Å². The molecule has 5 heteroatoms. The number of rotatable bonds is 5. The van der Waals surface area contributed by atoms with Gasteiger partial charge in [-0.1, -0.05) is 19.4 Å². The van der Waals surface area contributed by atoms with Crippen molar-refractivity contribution >= 4 is 28.2 Å². The van der Waals surface area contributed by atoms with Crippen LogP contribution in [-0.2, 0) is 0 Å². The highest BCUT2D eigenvalue weighted by Gasteiger charge is 2.15. The summed E-state index contributed by atoms with van der Waals surface area (Å²) in [6.45, 7) is 4.10. The molecule has 1 N–H and O–H groups in total. The normalized spacial score (nSPS) is 12.5. The summed E-state index contributed by atoms with van der Waals surface area (Å²) < 4.78 is 0. The van der Waals surface area contributed by atoms with Crippen LogP contribution in [0.1, 0.15) is 36.5 Å². The monoisotopic (exact) mass is 298 g/mol. The van der Waals surface area contributed by atoms with E-state index in [0.717, 1.165) is 35.5 Å². The fraction of sp³-hybridized carbons (Fsp3) is 0.312. The van der Waals surface area contributed by atoms with Crippen molar-refractivity contribution in [2.75, 3.05) is 5.32 Å². The van der Waals surface area contributed by atoms with Crippen LogP contribution in [0.3, 0.4) is 0 Å². The predicted octanol–water partition coefficient (Wildman–Crippen LogP) is 4.35. The van der Waals surface area contributed by atoms with Gasteiger partial charge in [0.05, 0.1) is 11.4 Å². The molecular formula is C16H18N4S. The summed E-state index contributed by atoms with van der Waals surface area (Å²) in [5.74, 6) is 1.61. The lowest BCUT2D eigenvalue weighted by atomic mass is 10.1. The molecule has 1 unspecified atom stereocenters. The first-order valence-corrected chi connectivity index (χ1v) is 8.05. The smallest absolute Gasteiger partial charge is 0.164 e. The lowest BCUT2D eigenvalue weighted by molar-refractivity contribution is 0.685. The molecule has 0 aliphatic carbocycles. The highest BCUT2D eigenvalue weighted by atomic mass is 32.1. The van der Waals surface area contributed by atoms with E-state index in [1.807, 2.05) is 19.1 Å². The van der Waals surface area contributed by atoms with Gasteiger partial charge in [-0.05, 0) is 36.9 Å². The number of nitrogens with one attached hydrogen (secondary N) is 1. The Morgan fingerprint density at radius 2 is 2.14 bits per heavy atom. The molecule has 0 spiro atoms. The van der Waals surface area contributed by atoms with Gasteiger partial charge in [-0.2, -0.15) is 0 Å². The second kappa shape index (κ2) is 6.18. The number of fused-ring (bicyclic) bond motifs is 1. The Balaban J connectivity index is 1.99. The summed E-state index contributed by atoms with van der Waals surface area (Å²) in [5.41, 5.74) is 0.744. The first kappa shape index (κ1) is 13.9. The molecule has 3 aromatic rings. The van der Waals surface area contributed by atoms with E-state index >= 15 is 0 Å². The Labute approximate surface area is 128 Å². The summed E-state index contributed by atoms with van der Waals surface area (Å²) in [4.78, 5) is 14.6. The molecule has 21 heavy (non-hydrogen) atoms. The van der Waals surface area contributed by atoms with Crippen molar-refractivity contribution in [1.29, 1.82) is 0 Å². The third kappa shape index (κ3) is 3.03. The molecule has 108 valence electrons. The average Bonchev–Trinajstić information content (AvgIpc) is 3.00. The molecule has 3 aromatic heterocycles. The van der Waals surface area contributed by atoms with E-state index in [0.29, 0.717) is 0 Å². The lowest BCUT2D eigenvalue weighted by Crippen LogP contribution is -2.11. The fourth-order valence-electron chi connectivity index (χ4n) is 2.41. The molecule has 4 nitrogen and oxygen atoms in total. The topological polar surface area (TPSA) is 50.7 Å². The van der Waals surface area contributed by atoms with Gasteiger partial charge in [0.1, 0.15) is 11.6 Å². The Bertz CT molecular complexity index is 724. The summed E-state index contributed by atoms with van der Waals surface area (Å²) in [5, 5.41) is 6.67. The van der Waals surface area contributed by atoms with Crippen molar-refractivity contribution in [3.63, 3.8) is 0 Å². The zero-order chi connectivity index (χ0) is 14.7. The molecule has 0 aromatic carbocycles. The standard InChI is InChI=1S/C16H18N4S/c1-3-6-13(14-8-5-10-21-14)20-16-12-7-4-9-17-15(12)18-11(2)19-16/h4-5,7-10,13H,3,6H2,1-2H3,(H,17,18,19,20). The molecule has 0 radical (unpaired) electrons. The Morgan fingerprint density at radius 1 is 1.24 bits per heavy atom. The predicted molar refractivity (Wildman–Crippen MR) is 87.7 cm³/mol. The highest BCUT2D eigenvalue weighted by Crippen LogP contribution is 2.29. The van der Waals surface area contributed by atoms with Gasteiger partial charge in [0.25, 0.3) is 0 Å². The van der Waals surface area contributed by atoms with Crippen LogP contribution >= 0.6 is 11.3 Å². The quantitative estimate of drug-likeness (QED) is 0.761. The molecule has 1 atom stereocenters. The second-order valence-electron chi connectivity index (χ2n) is 5.00. The number of aryl methyl sites for hydroxylation is 1. The van der Waals surface area contributed by atoms with E-state index in [9.17, 15) is 0 Å². The molecule has 0 bridgehead atoms. The molecule has 3 rings (SSSR count). The zero-order valence-electron chi connectivity index (χ0n) is 12.2. The van der Waals surface area contributed by atoms with Gasteiger partial charge in [0.15, 0.2) is 5.65 Å². The fourth-order valence-corrected chi connectivity index (χ4v) is 3.22. The van der Waals surface area contributed by atoms with E-state index in [1.54, 1.807) is 17.5 Å². The van der Waals surface area contributed by atoms with Gasteiger partial charge in [-0.25, -0.2) is 15.0 Å². The van der Waals surface area contributed by atoms with Crippen molar-refractivity contribution < 1.29 is 0 Å². The summed E-state index contributed by atoms with van der Waals surface area (Å²) in [6.07, 6.45) is 3.96. The number of hydrogen-bond acceptors (Lipinski definition) is 5. The molecule has 0 aliphatic heterocycles. The van der Waals surface area contributed by atoms with Crippen molar-refractivity contribution in [2.45, 2.75) is 32.7 Å². The van der Waals surface area contributed by atoms with E-state index in [2.05, 4.69) is 44.7 Å². The number of thiophene rings is 1. The van der Waals surface area contributed by atoms with Crippen LogP contribution in [-0.4, -0.2) is 15.0 Å². The molecule has 0 fully saturated rings. The van der Waals surface area contributed by atoms with Crippen LogP contribution in [0.2, 0.25) is 0 Å². The van der Waals surface area contributed by atoms with Gasteiger partial charge in [-0.3, -0.25) is 0 Å². The minimum Gasteiger partial charge on any atom is -0.362 e. The average molecular weight is 298 g/mol. The van der Waals surface area contributed by atoms with Crippen LogP contribution in [0.4, 0.5) is 5.82 Å². The highest BCUT2D eigenvalue weighted by molar-refractivity contribution is 7.10. The zero-order valence-corrected chi connectivity index (χ0v) is 13.0. The SMILES string of the molecule is CCCC(Nc1nc(C)nc2ncccc12)c1cccs1. The van der Waals surface area contributed by atoms with Gasteiger partial charge in [-0.15, -0.1) is 11.3 Å². The number of nitrogens with zero attached hydrogens (tertiary/aromatic N) is 3. The van der Waals surface area contributed by atoms with Crippen molar-refractivity contribution in [2.24, 2.45) is 0 Å². The molecule has 0 aliphatic rings. The van der Waals surface area contributed by atoms with Gasteiger partial charge < -0.3 is 5.32 Å². The Kier molecular flexibility index (Phi) is 4.10.